The Labute approximate surface area is 200 Å². The molecule has 2 heterocycles. The summed E-state index contributed by atoms with van der Waals surface area (Å²) in [4.78, 5) is 21.6. The van der Waals surface area contributed by atoms with E-state index < -0.39 is 11.7 Å². The summed E-state index contributed by atoms with van der Waals surface area (Å²) >= 11 is 1.33. The molecule has 0 spiro atoms. The number of carbonyl (C=O) groups is 1. The van der Waals surface area contributed by atoms with Crippen molar-refractivity contribution in [3.8, 4) is 16.3 Å². The van der Waals surface area contributed by atoms with Crippen LogP contribution in [-0.4, -0.2) is 54.0 Å². The zero-order valence-corrected chi connectivity index (χ0v) is 19.7. The van der Waals surface area contributed by atoms with Crippen molar-refractivity contribution in [1.29, 1.82) is 0 Å². The number of nitrogens with zero attached hydrogens (tertiary/aromatic N) is 3. The molecule has 9 heteroatoms. The van der Waals surface area contributed by atoms with E-state index in [0.717, 1.165) is 43.9 Å². The van der Waals surface area contributed by atoms with E-state index in [9.17, 15) is 18.0 Å². The summed E-state index contributed by atoms with van der Waals surface area (Å²) in [5, 5.41) is 2.41. The van der Waals surface area contributed by atoms with Crippen LogP contribution < -0.4 is 4.74 Å². The van der Waals surface area contributed by atoms with Crippen molar-refractivity contribution in [2.24, 2.45) is 0 Å². The minimum atomic E-state index is -4.36. The molecular formula is C25H26F3N3O2S. The summed E-state index contributed by atoms with van der Waals surface area (Å²) in [6, 6.07) is 13.0. The molecule has 34 heavy (non-hydrogen) atoms. The summed E-state index contributed by atoms with van der Waals surface area (Å²) < 4.78 is 43.5. The van der Waals surface area contributed by atoms with Gasteiger partial charge in [0.1, 0.15) is 10.8 Å². The van der Waals surface area contributed by atoms with E-state index in [4.69, 9.17) is 4.74 Å². The van der Waals surface area contributed by atoms with Gasteiger partial charge >= 0.3 is 6.18 Å². The summed E-state index contributed by atoms with van der Waals surface area (Å²) in [5.41, 5.74) is 1.77. The second kappa shape index (κ2) is 10.6. The highest BCUT2D eigenvalue weighted by atomic mass is 32.1. The Bertz CT molecular complexity index is 1100. The van der Waals surface area contributed by atoms with Gasteiger partial charge in [-0.15, -0.1) is 11.3 Å². The van der Waals surface area contributed by atoms with E-state index >= 15 is 0 Å². The minimum Gasteiger partial charge on any atom is -0.497 e. The van der Waals surface area contributed by atoms with Crippen LogP contribution in [0.25, 0.3) is 10.6 Å². The van der Waals surface area contributed by atoms with Gasteiger partial charge in [-0.05, 0) is 36.2 Å². The summed E-state index contributed by atoms with van der Waals surface area (Å²) in [5.74, 6) is 0.857. The first-order valence-corrected chi connectivity index (χ1v) is 11.9. The number of methoxy groups -OCH3 is 1. The molecule has 0 N–H and O–H groups in total. The molecule has 4 rings (SSSR count). The van der Waals surface area contributed by atoms with Crippen molar-refractivity contribution >= 4 is 17.2 Å². The van der Waals surface area contributed by atoms with Crippen LogP contribution in [0.1, 0.15) is 23.2 Å². The van der Waals surface area contributed by atoms with Crippen LogP contribution in [0.3, 0.4) is 0 Å². The minimum absolute atomic E-state index is 0.0237. The molecule has 0 radical (unpaired) electrons. The molecule has 1 amide bonds. The number of rotatable bonds is 6. The maximum absolute atomic E-state index is 12.9. The normalized spacial score (nSPS) is 15.2. The van der Waals surface area contributed by atoms with Crippen molar-refractivity contribution in [3.05, 3.63) is 70.7 Å². The van der Waals surface area contributed by atoms with Crippen molar-refractivity contribution in [2.75, 3.05) is 33.3 Å². The lowest BCUT2D eigenvalue weighted by atomic mass is 10.1. The van der Waals surface area contributed by atoms with Gasteiger partial charge in [0, 0.05) is 43.7 Å². The molecule has 0 aliphatic carbocycles. The van der Waals surface area contributed by atoms with Gasteiger partial charge in [0.2, 0.25) is 5.91 Å². The molecule has 1 aliphatic rings. The van der Waals surface area contributed by atoms with E-state index in [1.807, 2.05) is 17.0 Å². The zero-order chi connectivity index (χ0) is 24.1. The van der Waals surface area contributed by atoms with Crippen molar-refractivity contribution in [2.45, 2.75) is 25.6 Å². The standard InChI is InChI=1S/C25H26F3N3O2S/c1-33-22-9-3-18(4-10-22)16-30-11-2-12-31(14-13-30)23(32)15-21-17-34-24(29-21)19-5-7-20(8-6-19)25(26,27)28/h3-10,17H,2,11-16H2,1H3. The fraction of sp³-hybridized carbons (Fsp3) is 0.360. The number of carbonyl (C=O) groups excluding carboxylic acids is 1. The maximum Gasteiger partial charge on any atom is 0.416 e. The van der Waals surface area contributed by atoms with Gasteiger partial charge < -0.3 is 9.64 Å². The van der Waals surface area contributed by atoms with Crippen molar-refractivity contribution in [1.82, 2.24) is 14.8 Å². The van der Waals surface area contributed by atoms with Gasteiger partial charge in [-0.1, -0.05) is 24.3 Å². The number of halogens is 3. The largest absolute Gasteiger partial charge is 0.497 e. The Morgan fingerprint density at radius 3 is 2.44 bits per heavy atom. The molecule has 1 aliphatic heterocycles. The number of amides is 1. The van der Waals surface area contributed by atoms with Crippen LogP contribution >= 0.6 is 11.3 Å². The zero-order valence-electron chi connectivity index (χ0n) is 18.8. The van der Waals surface area contributed by atoms with Crippen LogP contribution in [0.4, 0.5) is 13.2 Å². The fourth-order valence-electron chi connectivity index (χ4n) is 3.96. The van der Waals surface area contributed by atoms with Crippen LogP contribution in [0.15, 0.2) is 53.9 Å². The number of hydrogen-bond donors (Lipinski definition) is 0. The number of hydrogen-bond acceptors (Lipinski definition) is 5. The molecule has 0 atom stereocenters. The van der Waals surface area contributed by atoms with E-state index in [2.05, 4.69) is 22.0 Å². The van der Waals surface area contributed by atoms with Crippen LogP contribution in [-0.2, 0) is 23.9 Å². The molecule has 0 bridgehead atoms. The molecule has 2 aromatic carbocycles. The van der Waals surface area contributed by atoms with Crippen molar-refractivity contribution < 1.29 is 22.7 Å². The highest BCUT2D eigenvalue weighted by molar-refractivity contribution is 7.13. The van der Waals surface area contributed by atoms with Crippen LogP contribution in [0.5, 0.6) is 5.75 Å². The Hall–Kier alpha value is -2.91. The molecule has 180 valence electrons. The van der Waals surface area contributed by atoms with Gasteiger partial charge in [0.15, 0.2) is 0 Å². The van der Waals surface area contributed by atoms with Gasteiger partial charge in [-0.2, -0.15) is 13.2 Å². The summed E-state index contributed by atoms with van der Waals surface area (Å²) in [7, 11) is 1.65. The number of benzene rings is 2. The van der Waals surface area contributed by atoms with E-state index in [1.54, 1.807) is 12.5 Å². The third kappa shape index (κ3) is 6.15. The first-order valence-electron chi connectivity index (χ1n) is 11.1. The SMILES string of the molecule is COc1ccc(CN2CCCN(C(=O)Cc3csc(-c4ccc(C(F)(F)F)cc4)n3)CC2)cc1. The third-order valence-corrected chi connectivity index (χ3v) is 6.79. The van der Waals surface area contributed by atoms with E-state index in [0.29, 0.717) is 29.4 Å². The van der Waals surface area contributed by atoms with Gasteiger partial charge in [-0.25, -0.2) is 4.98 Å². The fourth-order valence-corrected chi connectivity index (χ4v) is 4.78. The van der Waals surface area contributed by atoms with Gasteiger partial charge in [-0.3, -0.25) is 9.69 Å². The Morgan fingerprint density at radius 2 is 1.76 bits per heavy atom. The number of ether oxygens (including phenoxy) is 1. The van der Waals surface area contributed by atoms with Gasteiger partial charge in [0.25, 0.3) is 0 Å². The second-order valence-electron chi connectivity index (χ2n) is 8.25. The van der Waals surface area contributed by atoms with Crippen molar-refractivity contribution in [3.63, 3.8) is 0 Å². The van der Waals surface area contributed by atoms with Crippen LogP contribution in [0.2, 0.25) is 0 Å². The predicted octanol–water partition coefficient (Wildman–Crippen LogP) is 5.11. The highest BCUT2D eigenvalue weighted by Crippen LogP contribution is 2.32. The van der Waals surface area contributed by atoms with E-state index in [1.165, 1.54) is 29.0 Å². The molecule has 5 nitrogen and oxygen atoms in total. The first-order chi connectivity index (χ1) is 16.3. The average molecular weight is 490 g/mol. The smallest absolute Gasteiger partial charge is 0.416 e. The summed E-state index contributed by atoms with van der Waals surface area (Å²) in [6.07, 6.45) is -3.28. The first kappa shape index (κ1) is 24.2. The second-order valence-corrected chi connectivity index (χ2v) is 9.11. The molecule has 1 saturated heterocycles. The quantitative estimate of drug-likeness (QED) is 0.483. The number of thiazole rings is 1. The average Bonchev–Trinajstić information content (AvgIpc) is 3.16. The predicted molar refractivity (Wildman–Crippen MR) is 126 cm³/mol. The number of aromatic nitrogens is 1. The topological polar surface area (TPSA) is 45.7 Å². The Kier molecular flexibility index (Phi) is 7.53. The monoisotopic (exact) mass is 489 g/mol. The molecule has 1 fully saturated rings. The summed E-state index contributed by atoms with van der Waals surface area (Å²) in [6.45, 7) is 3.91. The Balaban J connectivity index is 1.31. The number of alkyl halides is 3. The molecule has 0 saturated carbocycles. The highest BCUT2D eigenvalue weighted by Gasteiger charge is 2.30. The molecule has 3 aromatic rings. The van der Waals surface area contributed by atoms with E-state index in [-0.39, 0.29) is 12.3 Å². The molecule has 0 unspecified atom stereocenters. The maximum atomic E-state index is 12.9. The lowest BCUT2D eigenvalue weighted by Crippen LogP contribution is -2.36. The molecular weight excluding hydrogens is 463 g/mol. The lowest BCUT2D eigenvalue weighted by molar-refractivity contribution is -0.137. The molecule has 1 aromatic heterocycles. The van der Waals surface area contributed by atoms with Crippen LogP contribution in [0, 0.1) is 0 Å². The third-order valence-electron chi connectivity index (χ3n) is 5.85. The lowest BCUT2D eigenvalue weighted by Gasteiger charge is -2.22. The Morgan fingerprint density at radius 1 is 1.03 bits per heavy atom. The van der Waals surface area contributed by atoms with Gasteiger partial charge in [0.05, 0.1) is 24.8 Å².